The van der Waals surface area contributed by atoms with Crippen molar-refractivity contribution in [3.63, 3.8) is 0 Å². The van der Waals surface area contributed by atoms with Gasteiger partial charge in [-0.3, -0.25) is 4.90 Å². The van der Waals surface area contributed by atoms with Crippen molar-refractivity contribution in [1.29, 1.82) is 0 Å². The van der Waals surface area contributed by atoms with Crippen LogP contribution >= 0.6 is 0 Å². The van der Waals surface area contributed by atoms with Gasteiger partial charge in [0.2, 0.25) is 10.0 Å². The van der Waals surface area contributed by atoms with Gasteiger partial charge >= 0.3 is 6.18 Å². The van der Waals surface area contributed by atoms with Gasteiger partial charge in [-0.2, -0.15) is 13.2 Å². The summed E-state index contributed by atoms with van der Waals surface area (Å²) in [4.78, 5) is 2.62. The Hall–Kier alpha value is -3.44. The summed E-state index contributed by atoms with van der Waals surface area (Å²) >= 11 is 0. The number of hydrogen-bond donors (Lipinski definition) is 3. The zero-order chi connectivity index (χ0) is 31.8. The fraction of sp³-hybridized carbons (Fsp3) is 0.500. The number of methoxy groups -OCH3 is 1. The van der Waals surface area contributed by atoms with Crippen LogP contribution in [-0.4, -0.2) is 83.2 Å². The fourth-order valence-corrected chi connectivity index (χ4v) is 7.44. The molecule has 0 amide bonds. The van der Waals surface area contributed by atoms with Crippen LogP contribution in [-0.2, 0) is 21.3 Å². The third-order valence-electron chi connectivity index (χ3n) is 9.09. The van der Waals surface area contributed by atoms with Crippen LogP contribution in [0.1, 0.15) is 31.4 Å². The Bertz CT molecular complexity index is 1710. The van der Waals surface area contributed by atoms with Gasteiger partial charge < -0.3 is 24.7 Å². The molecule has 13 heteroatoms. The number of halogens is 3. The van der Waals surface area contributed by atoms with Crippen molar-refractivity contribution in [2.45, 2.75) is 55.4 Å². The molecule has 242 valence electrons. The number of sulfonamides is 1. The topological polar surface area (TPSA) is 96.9 Å². The molecular formula is C32H38F3N5O4S. The third kappa shape index (κ3) is 6.74. The monoisotopic (exact) mass is 645 g/mol. The van der Waals surface area contributed by atoms with Gasteiger partial charge in [0.05, 0.1) is 48.7 Å². The molecule has 6 rings (SSSR count). The van der Waals surface area contributed by atoms with Crippen molar-refractivity contribution in [3.05, 3.63) is 48.2 Å². The lowest BCUT2D eigenvalue weighted by Gasteiger charge is -2.58. The maximum atomic E-state index is 13.7. The molecule has 3 fully saturated rings. The Kier molecular flexibility index (Phi) is 8.69. The highest BCUT2D eigenvalue weighted by molar-refractivity contribution is 7.89. The first-order chi connectivity index (χ1) is 21.5. The first-order valence-corrected chi connectivity index (χ1v) is 16.6. The Morgan fingerprint density at radius 3 is 2.47 bits per heavy atom. The zero-order valence-corrected chi connectivity index (χ0v) is 26.2. The van der Waals surface area contributed by atoms with Gasteiger partial charge in [0.15, 0.2) is 0 Å². The summed E-state index contributed by atoms with van der Waals surface area (Å²) < 4.78 is 79.5. The highest BCUT2D eigenvalue weighted by Crippen LogP contribution is 2.41. The molecule has 1 aromatic heterocycles. The first-order valence-electron chi connectivity index (χ1n) is 15.1. The van der Waals surface area contributed by atoms with E-state index in [1.54, 1.807) is 24.3 Å². The average molecular weight is 646 g/mol. The molecule has 2 aromatic carbocycles. The van der Waals surface area contributed by atoms with Crippen molar-refractivity contribution in [2.75, 3.05) is 57.6 Å². The molecule has 3 aliphatic rings. The summed E-state index contributed by atoms with van der Waals surface area (Å²) in [5.74, 6) is 6.13. The van der Waals surface area contributed by atoms with E-state index in [0.717, 1.165) is 57.7 Å². The summed E-state index contributed by atoms with van der Waals surface area (Å²) in [6.07, 6.45) is -0.210. The molecule has 2 saturated heterocycles. The minimum atomic E-state index is -4.42. The van der Waals surface area contributed by atoms with Crippen LogP contribution in [0.2, 0.25) is 0 Å². The molecule has 3 N–H and O–H groups in total. The molecule has 1 saturated carbocycles. The second-order valence-corrected chi connectivity index (χ2v) is 14.1. The van der Waals surface area contributed by atoms with Gasteiger partial charge in [-0.15, -0.1) is 0 Å². The molecule has 3 aromatic rings. The van der Waals surface area contributed by atoms with Crippen molar-refractivity contribution in [3.8, 4) is 17.6 Å². The molecule has 0 unspecified atom stereocenters. The summed E-state index contributed by atoms with van der Waals surface area (Å²) in [6.45, 7) is 2.97. The molecule has 1 spiro atoms. The number of ether oxygens (including phenoxy) is 2. The first kappa shape index (κ1) is 31.5. The quantitative estimate of drug-likeness (QED) is 0.292. The van der Waals surface area contributed by atoms with Crippen molar-refractivity contribution < 1.29 is 31.1 Å². The number of fused-ring (bicyclic) bond motifs is 1. The molecule has 3 heterocycles. The van der Waals surface area contributed by atoms with E-state index in [9.17, 15) is 21.6 Å². The normalized spacial score (nSPS) is 21.4. The number of likely N-dealkylation sites (tertiary alicyclic amines) is 1. The molecule has 0 radical (unpaired) electrons. The minimum Gasteiger partial charge on any atom is -0.495 e. The third-order valence-corrected chi connectivity index (χ3v) is 10.5. The van der Waals surface area contributed by atoms with E-state index in [4.69, 9.17) is 9.47 Å². The van der Waals surface area contributed by atoms with Crippen molar-refractivity contribution in [2.24, 2.45) is 5.41 Å². The standard InChI is InChI=1S/C32H38F3N5O4S/c1-36-45(41,42)25-12-13-28(30(16-25)43-2)37-14-4-5-24-15-26-27(6-3-7-29(26)40(24)19-32(33,34)35)38-22-8-10-23(11-9-22)39-17-31(18-39)20-44-21-31/h3,6-7,12-13,15-16,22-23,36-38H,8-11,14,17-21H2,1-2H3/t22-,23+. The summed E-state index contributed by atoms with van der Waals surface area (Å²) in [7, 11) is -0.917. The van der Waals surface area contributed by atoms with Crippen LogP contribution in [0.4, 0.5) is 24.5 Å². The number of rotatable bonds is 9. The van der Waals surface area contributed by atoms with Gasteiger partial charge in [-0.05, 0) is 69.0 Å². The van der Waals surface area contributed by atoms with E-state index in [-0.39, 0.29) is 23.2 Å². The predicted octanol–water partition coefficient (Wildman–Crippen LogP) is 4.64. The number of hydrogen-bond acceptors (Lipinski definition) is 7. The van der Waals surface area contributed by atoms with E-state index in [1.165, 1.54) is 30.9 Å². The molecule has 0 atom stereocenters. The van der Waals surface area contributed by atoms with Crippen LogP contribution in [0.3, 0.4) is 0 Å². The lowest BCUT2D eigenvalue weighted by molar-refractivity contribution is -0.200. The highest BCUT2D eigenvalue weighted by Gasteiger charge is 2.50. The number of aromatic nitrogens is 1. The lowest BCUT2D eigenvalue weighted by Crippen LogP contribution is -2.68. The zero-order valence-electron chi connectivity index (χ0n) is 25.3. The number of anilines is 2. The number of alkyl halides is 3. The van der Waals surface area contributed by atoms with E-state index in [0.29, 0.717) is 33.8 Å². The minimum absolute atomic E-state index is 0.0427. The van der Waals surface area contributed by atoms with E-state index >= 15 is 0 Å². The molecule has 45 heavy (non-hydrogen) atoms. The average Bonchev–Trinajstić information content (AvgIpc) is 3.31. The van der Waals surface area contributed by atoms with Gasteiger partial charge in [0.1, 0.15) is 12.3 Å². The number of nitrogens with zero attached hydrogens (tertiary/aromatic N) is 2. The van der Waals surface area contributed by atoms with Gasteiger partial charge in [0, 0.05) is 47.7 Å². The van der Waals surface area contributed by atoms with Crippen molar-refractivity contribution in [1.82, 2.24) is 14.2 Å². The van der Waals surface area contributed by atoms with Crippen LogP contribution in [0.25, 0.3) is 10.9 Å². The second kappa shape index (κ2) is 12.4. The van der Waals surface area contributed by atoms with Gasteiger partial charge in [0.25, 0.3) is 0 Å². The maximum Gasteiger partial charge on any atom is 0.406 e. The van der Waals surface area contributed by atoms with E-state index in [2.05, 4.69) is 32.1 Å². The van der Waals surface area contributed by atoms with Crippen LogP contribution in [0, 0.1) is 17.3 Å². The van der Waals surface area contributed by atoms with Crippen LogP contribution in [0.15, 0.2) is 47.4 Å². The molecule has 0 bridgehead atoms. The van der Waals surface area contributed by atoms with Crippen LogP contribution in [0.5, 0.6) is 5.75 Å². The molecule has 1 aliphatic carbocycles. The Labute approximate surface area is 261 Å². The summed E-state index contributed by atoms with van der Waals surface area (Å²) in [5.41, 5.74) is 2.45. The van der Waals surface area contributed by atoms with Gasteiger partial charge in [-0.1, -0.05) is 12.0 Å². The SMILES string of the molecule is CNS(=O)(=O)c1ccc(NCC#Cc2cc3c(N[C@H]4CC[C@@H](N5CC6(COC6)C5)CC4)cccc3n2CC(F)(F)F)c(OC)c1. The fourth-order valence-electron chi connectivity index (χ4n) is 6.69. The van der Waals surface area contributed by atoms with Crippen LogP contribution < -0.4 is 20.1 Å². The van der Waals surface area contributed by atoms with E-state index < -0.39 is 22.7 Å². The van der Waals surface area contributed by atoms with Gasteiger partial charge in [-0.25, -0.2) is 13.1 Å². The lowest BCUT2D eigenvalue weighted by atomic mass is 9.75. The molecular weight excluding hydrogens is 607 g/mol. The smallest absolute Gasteiger partial charge is 0.406 e. The summed E-state index contributed by atoms with van der Waals surface area (Å²) in [5, 5.41) is 7.40. The predicted molar refractivity (Wildman–Crippen MR) is 167 cm³/mol. The molecule has 2 aliphatic heterocycles. The second-order valence-electron chi connectivity index (χ2n) is 12.2. The molecule has 9 nitrogen and oxygen atoms in total. The number of nitrogens with one attached hydrogen (secondary N) is 3. The van der Waals surface area contributed by atoms with E-state index in [1.807, 2.05) is 6.07 Å². The number of benzene rings is 2. The highest BCUT2D eigenvalue weighted by atomic mass is 32.2. The maximum absolute atomic E-state index is 13.7. The largest absolute Gasteiger partial charge is 0.495 e. The van der Waals surface area contributed by atoms with Crippen molar-refractivity contribution >= 4 is 32.3 Å². The Balaban J connectivity index is 1.16. The Morgan fingerprint density at radius 1 is 1.07 bits per heavy atom. The Morgan fingerprint density at radius 2 is 1.82 bits per heavy atom. The summed E-state index contributed by atoms with van der Waals surface area (Å²) in [6, 6.07) is 12.3.